The van der Waals surface area contributed by atoms with Crippen LogP contribution in [0.5, 0.6) is 0 Å². The highest BCUT2D eigenvalue weighted by atomic mass is 79.9. The number of benzene rings is 1. The fraction of sp³-hybridized carbons (Fsp3) is 0.579. The van der Waals surface area contributed by atoms with E-state index in [0.717, 1.165) is 10.0 Å². The molecule has 2 N–H and O–H groups in total. The molecule has 0 radical (unpaired) electrons. The predicted octanol–water partition coefficient (Wildman–Crippen LogP) is 3.50. The van der Waals surface area contributed by atoms with Gasteiger partial charge in [-0.1, -0.05) is 41.9 Å². The Morgan fingerprint density at radius 2 is 1.79 bits per heavy atom. The molecule has 1 aromatic carbocycles. The number of rotatable bonds is 9. The summed E-state index contributed by atoms with van der Waals surface area (Å²) in [4.78, 5) is 24.7. The molecule has 0 aliphatic heterocycles. The van der Waals surface area contributed by atoms with Crippen LogP contribution in [-0.2, 0) is 16.0 Å². The maximum Gasteiger partial charge on any atom is 0.223 e. The van der Waals surface area contributed by atoms with Crippen LogP contribution in [-0.4, -0.2) is 28.9 Å². The van der Waals surface area contributed by atoms with Crippen molar-refractivity contribution in [2.24, 2.45) is 11.8 Å². The van der Waals surface area contributed by atoms with Gasteiger partial charge >= 0.3 is 0 Å². The highest BCUT2D eigenvalue weighted by Crippen LogP contribution is 2.18. The van der Waals surface area contributed by atoms with Gasteiger partial charge in [-0.25, -0.2) is 0 Å². The zero-order chi connectivity index (χ0) is 18.3. The molecule has 0 spiro atoms. The van der Waals surface area contributed by atoms with Gasteiger partial charge in [0.15, 0.2) is 0 Å². The molecule has 0 fully saturated rings. The number of halogens is 1. The molecule has 0 saturated heterocycles. The number of Topliss-reactive ketones (excluding diaryl/α,β-unsaturated/α-hetero) is 1. The van der Waals surface area contributed by atoms with Gasteiger partial charge in [-0.2, -0.15) is 0 Å². The molecule has 1 aromatic rings. The maximum absolute atomic E-state index is 12.4. The third-order valence-corrected chi connectivity index (χ3v) is 4.14. The number of carbonyl (C=O) groups is 2. The van der Waals surface area contributed by atoms with Gasteiger partial charge in [0.1, 0.15) is 5.78 Å². The fourth-order valence-corrected chi connectivity index (χ4v) is 2.74. The number of amides is 1. The second-order valence-corrected chi connectivity index (χ2v) is 8.32. The lowest BCUT2D eigenvalue weighted by Gasteiger charge is -2.22. The molecular weight excluding hydrogens is 370 g/mol. The molecule has 1 amide bonds. The SMILES string of the molecule is CC(C)C[C@H](CC(=O)Cc1ccc(Br)cc1)C(=O)NCC(C)(C)O. The van der Waals surface area contributed by atoms with E-state index in [9.17, 15) is 14.7 Å². The molecule has 134 valence electrons. The van der Waals surface area contributed by atoms with E-state index in [4.69, 9.17) is 0 Å². The number of nitrogens with one attached hydrogen (secondary N) is 1. The van der Waals surface area contributed by atoms with E-state index in [1.54, 1.807) is 13.8 Å². The van der Waals surface area contributed by atoms with E-state index < -0.39 is 5.60 Å². The Morgan fingerprint density at radius 1 is 1.21 bits per heavy atom. The Labute approximate surface area is 153 Å². The summed E-state index contributed by atoms with van der Waals surface area (Å²) in [7, 11) is 0. The Bertz CT molecular complexity index is 547. The van der Waals surface area contributed by atoms with Crippen molar-refractivity contribution in [3.05, 3.63) is 34.3 Å². The molecule has 0 aliphatic rings. The van der Waals surface area contributed by atoms with Crippen molar-refractivity contribution >= 4 is 27.6 Å². The number of hydrogen-bond acceptors (Lipinski definition) is 3. The molecule has 0 saturated carbocycles. The molecule has 1 rings (SSSR count). The van der Waals surface area contributed by atoms with Crippen molar-refractivity contribution in [1.29, 1.82) is 0 Å². The third kappa shape index (κ3) is 8.60. The Morgan fingerprint density at radius 3 is 2.29 bits per heavy atom. The topological polar surface area (TPSA) is 66.4 Å². The van der Waals surface area contributed by atoms with Crippen LogP contribution in [0.4, 0.5) is 0 Å². The smallest absolute Gasteiger partial charge is 0.223 e. The van der Waals surface area contributed by atoms with Crippen LogP contribution in [0.15, 0.2) is 28.7 Å². The van der Waals surface area contributed by atoms with E-state index in [-0.39, 0.29) is 30.6 Å². The summed E-state index contributed by atoms with van der Waals surface area (Å²) in [6, 6.07) is 7.64. The van der Waals surface area contributed by atoms with Gasteiger partial charge in [-0.3, -0.25) is 9.59 Å². The largest absolute Gasteiger partial charge is 0.389 e. The fourth-order valence-electron chi connectivity index (χ4n) is 2.48. The summed E-state index contributed by atoms with van der Waals surface area (Å²) < 4.78 is 0.974. The second-order valence-electron chi connectivity index (χ2n) is 7.40. The van der Waals surface area contributed by atoms with Gasteiger partial charge in [0.25, 0.3) is 0 Å². The standard InChI is InChI=1S/C19H28BrNO3/c1-13(2)9-15(18(23)21-12-19(3,4)24)11-17(22)10-14-5-7-16(20)8-6-14/h5-8,13,15,24H,9-12H2,1-4H3,(H,21,23)/t15-/m1/s1. The van der Waals surface area contributed by atoms with Crippen molar-refractivity contribution in [3.8, 4) is 0 Å². The lowest BCUT2D eigenvalue weighted by molar-refractivity contribution is -0.130. The van der Waals surface area contributed by atoms with Gasteiger partial charge in [0.05, 0.1) is 5.60 Å². The Hall–Kier alpha value is -1.20. The first-order valence-corrected chi connectivity index (χ1v) is 9.12. The lowest BCUT2D eigenvalue weighted by atomic mass is 9.90. The first-order valence-electron chi connectivity index (χ1n) is 8.33. The quantitative estimate of drug-likeness (QED) is 0.669. The highest BCUT2D eigenvalue weighted by Gasteiger charge is 2.24. The number of hydrogen-bond donors (Lipinski definition) is 2. The van der Waals surface area contributed by atoms with Crippen LogP contribution in [0, 0.1) is 11.8 Å². The molecule has 5 heteroatoms. The number of carbonyl (C=O) groups excluding carboxylic acids is 2. The molecule has 0 aromatic heterocycles. The van der Waals surface area contributed by atoms with Crippen LogP contribution >= 0.6 is 15.9 Å². The zero-order valence-corrected chi connectivity index (χ0v) is 16.5. The van der Waals surface area contributed by atoms with Gasteiger partial charge in [-0.15, -0.1) is 0 Å². The van der Waals surface area contributed by atoms with Crippen LogP contribution in [0.25, 0.3) is 0 Å². The first-order chi connectivity index (χ1) is 11.1. The summed E-state index contributed by atoms with van der Waals surface area (Å²) in [5, 5.41) is 12.5. The van der Waals surface area contributed by atoms with Gasteiger partial charge in [-0.05, 0) is 43.9 Å². The van der Waals surface area contributed by atoms with Crippen molar-refractivity contribution in [3.63, 3.8) is 0 Å². The summed E-state index contributed by atoms with van der Waals surface area (Å²) in [6.07, 6.45) is 1.22. The van der Waals surface area contributed by atoms with Crippen LogP contribution < -0.4 is 5.32 Å². The monoisotopic (exact) mass is 397 g/mol. The lowest BCUT2D eigenvalue weighted by Crippen LogP contribution is -2.41. The number of aliphatic hydroxyl groups is 1. The summed E-state index contributed by atoms with van der Waals surface area (Å²) in [6.45, 7) is 7.54. The molecular formula is C19H28BrNO3. The van der Waals surface area contributed by atoms with Crippen LogP contribution in [0.2, 0.25) is 0 Å². The first kappa shape index (κ1) is 20.8. The van der Waals surface area contributed by atoms with E-state index in [0.29, 0.717) is 18.8 Å². The summed E-state index contributed by atoms with van der Waals surface area (Å²) in [5.41, 5.74) is -0.0113. The van der Waals surface area contributed by atoms with E-state index >= 15 is 0 Å². The predicted molar refractivity (Wildman–Crippen MR) is 99.7 cm³/mol. The summed E-state index contributed by atoms with van der Waals surface area (Å²) >= 11 is 3.37. The second kappa shape index (κ2) is 9.33. The average molecular weight is 398 g/mol. The number of ketones is 1. The minimum atomic E-state index is -0.959. The molecule has 1 atom stereocenters. The minimum absolute atomic E-state index is 0.0568. The minimum Gasteiger partial charge on any atom is -0.389 e. The maximum atomic E-state index is 12.4. The van der Waals surface area contributed by atoms with Gasteiger partial charge in [0, 0.05) is 29.8 Å². The molecule has 0 unspecified atom stereocenters. The molecule has 0 aliphatic carbocycles. The molecule has 0 heterocycles. The molecule has 4 nitrogen and oxygen atoms in total. The average Bonchev–Trinajstić information content (AvgIpc) is 2.45. The highest BCUT2D eigenvalue weighted by molar-refractivity contribution is 9.10. The molecule has 24 heavy (non-hydrogen) atoms. The van der Waals surface area contributed by atoms with Crippen LogP contribution in [0.1, 0.15) is 46.1 Å². The Kier molecular flexibility index (Phi) is 8.10. The van der Waals surface area contributed by atoms with Crippen LogP contribution in [0.3, 0.4) is 0 Å². The third-order valence-electron chi connectivity index (χ3n) is 3.61. The van der Waals surface area contributed by atoms with E-state index in [1.165, 1.54) is 0 Å². The Balaban J connectivity index is 2.65. The van der Waals surface area contributed by atoms with Crippen molar-refractivity contribution in [2.45, 2.75) is 52.6 Å². The normalized spacial score (nSPS) is 13.0. The van der Waals surface area contributed by atoms with E-state index in [1.807, 2.05) is 38.1 Å². The van der Waals surface area contributed by atoms with Gasteiger partial charge < -0.3 is 10.4 Å². The van der Waals surface area contributed by atoms with Crippen molar-refractivity contribution in [2.75, 3.05) is 6.54 Å². The van der Waals surface area contributed by atoms with Crippen molar-refractivity contribution in [1.82, 2.24) is 5.32 Å². The van der Waals surface area contributed by atoms with E-state index in [2.05, 4.69) is 21.2 Å². The molecule has 0 bridgehead atoms. The summed E-state index contributed by atoms with van der Waals surface area (Å²) in [5.74, 6) is -0.130. The zero-order valence-electron chi connectivity index (χ0n) is 14.9. The van der Waals surface area contributed by atoms with Gasteiger partial charge in [0.2, 0.25) is 5.91 Å². The van der Waals surface area contributed by atoms with Crippen molar-refractivity contribution < 1.29 is 14.7 Å².